The molecule has 1 aromatic heterocycles. The van der Waals surface area contributed by atoms with Crippen molar-refractivity contribution in [3.05, 3.63) is 47.2 Å². The van der Waals surface area contributed by atoms with Crippen molar-refractivity contribution < 1.29 is 18.3 Å². The maximum Gasteiger partial charge on any atom is 0.220 e. The van der Waals surface area contributed by atoms with Gasteiger partial charge in [-0.3, -0.25) is 4.79 Å². The van der Waals surface area contributed by atoms with Crippen LogP contribution in [0.15, 0.2) is 24.3 Å². The molecule has 2 N–H and O–H groups in total. The summed E-state index contributed by atoms with van der Waals surface area (Å²) < 4.78 is 34.8. The molecule has 2 aliphatic carbocycles. The summed E-state index contributed by atoms with van der Waals surface area (Å²) in [7, 11) is 0. The number of halogens is 2. The third kappa shape index (κ3) is 3.28. The number of aromatic nitrogens is 2. The van der Waals surface area contributed by atoms with Gasteiger partial charge in [0, 0.05) is 0 Å². The maximum absolute atomic E-state index is 14.2. The van der Waals surface area contributed by atoms with Gasteiger partial charge in [-0.05, 0) is 62.3 Å². The molecule has 0 spiro atoms. The smallest absolute Gasteiger partial charge is 0.220 e. The molecule has 0 radical (unpaired) electrons. The highest BCUT2D eigenvalue weighted by molar-refractivity contribution is 5.75. The molecule has 1 saturated carbocycles. The van der Waals surface area contributed by atoms with Gasteiger partial charge in [-0.2, -0.15) is 5.10 Å². The van der Waals surface area contributed by atoms with Crippen LogP contribution < -0.4 is 5.73 Å². The van der Waals surface area contributed by atoms with E-state index in [9.17, 15) is 13.6 Å². The average Bonchev–Trinajstić information content (AvgIpc) is 3.36. The first-order chi connectivity index (χ1) is 13.2. The Hall–Kier alpha value is -2.41. The molecule has 5 nitrogen and oxygen atoms in total. The van der Waals surface area contributed by atoms with E-state index in [1.807, 2.05) is 6.92 Å². The van der Waals surface area contributed by atoms with Crippen molar-refractivity contribution in [1.29, 1.82) is 0 Å². The molecule has 0 bridgehead atoms. The zero-order valence-electron chi connectivity index (χ0n) is 16.0. The Bertz CT molecular complexity index is 925. The quantitative estimate of drug-likeness (QED) is 0.842. The van der Waals surface area contributed by atoms with E-state index in [4.69, 9.17) is 10.5 Å². The van der Waals surface area contributed by atoms with Crippen LogP contribution in [-0.4, -0.2) is 21.7 Å². The van der Waals surface area contributed by atoms with Crippen molar-refractivity contribution >= 4 is 5.91 Å². The van der Waals surface area contributed by atoms with Crippen molar-refractivity contribution in [1.82, 2.24) is 10.2 Å². The molecule has 2 aliphatic rings. The van der Waals surface area contributed by atoms with Gasteiger partial charge in [0.15, 0.2) is 0 Å². The SMILES string of the molecule is C[C@H]1CC[C@](C)(OC2(CC(N)=O)CC2)c2nnc(-c3c(F)cccc3F)cc21. The summed E-state index contributed by atoms with van der Waals surface area (Å²) in [6, 6.07) is 5.44. The normalized spacial score (nSPS) is 25.2. The second kappa shape index (κ2) is 6.58. The van der Waals surface area contributed by atoms with Crippen LogP contribution in [0.2, 0.25) is 0 Å². The van der Waals surface area contributed by atoms with Crippen molar-refractivity contribution in [3.8, 4) is 11.3 Å². The zero-order chi connectivity index (χ0) is 20.1. The second-order valence-electron chi connectivity index (χ2n) is 8.23. The lowest BCUT2D eigenvalue weighted by molar-refractivity contribution is -0.137. The Labute approximate surface area is 162 Å². The predicted octanol–water partition coefficient (Wildman–Crippen LogP) is 3.96. The number of ether oxygens (including phenoxy) is 1. The van der Waals surface area contributed by atoms with E-state index >= 15 is 0 Å². The summed E-state index contributed by atoms with van der Waals surface area (Å²) in [6.45, 7) is 3.99. The Morgan fingerprint density at radius 1 is 1.25 bits per heavy atom. The van der Waals surface area contributed by atoms with Gasteiger partial charge in [-0.15, -0.1) is 5.10 Å². The van der Waals surface area contributed by atoms with Gasteiger partial charge in [0.1, 0.15) is 17.2 Å². The predicted molar refractivity (Wildman–Crippen MR) is 99.2 cm³/mol. The van der Waals surface area contributed by atoms with E-state index in [1.165, 1.54) is 18.2 Å². The molecule has 28 heavy (non-hydrogen) atoms. The minimum atomic E-state index is -0.715. The van der Waals surface area contributed by atoms with Gasteiger partial charge in [0.25, 0.3) is 0 Å². The largest absolute Gasteiger partial charge is 0.370 e. The molecule has 0 aliphatic heterocycles. The fraction of sp³-hybridized carbons (Fsp3) is 0.476. The number of primary amides is 1. The summed E-state index contributed by atoms with van der Waals surface area (Å²) >= 11 is 0. The minimum Gasteiger partial charge on any atom is -0.370 e. The molecule has 7 heteroatoms. The average molecular weight is 387 g/mol. The molecule has 0 unspecified atom stereocenters. The van der Waals surface area contributed by atoms with Gasteiger partial charge in [0.05, 0.1) is 29.0 Å². The first-order valence-electron chi connectivity index (χ1n) is 9.54. The molecule has 1 fully saturated rings. The van der Waals surface area contributed by atoms with Crippen LogP contribution in [0.1, 0.15) is 63.1 Å². The minimum absolute atomic E-state index is 0.155. The van der Waals surface area contributed by atoms with E-state index in [2.05, 4.69) is 17.1 Å². The van der Waals surface area contributed by atoms with Crippen LogP contribution >= 0.6 is 0 Å². The van der Waals surface area contributed by atoms with Crippen molar-refractivity contribution in [2.24, 2.45) is 5.73 Å². The number of carbonyl (C=O) groups excluding carboxylic acids is 1. The van der Waals surface area contributed by atoms with Crippen LogP contribution in [0.4, 0.5) is 8.78 Å². The van der Waals surface area contributed by atoms with Gasteiger partial charge >= 0.3 is 0 Å². The Kier molecular flexibility index (Phi) is 4.45. The number of hydrogen-bond donors (Lipinski definition) is 1. The summed E-state index contributed by atoms with van der Waals surface area (Å²) in [6.07, 6.45) is 3.30. The highest BCUT2D eigenvalue weighted by Gasteiger charge is 2.52. The molecule has 1 amide bonds. The second-order valence-corrected chi connectivity index (χ2v) is 8.23. The van der Waals surface area contributed by atoms with Gasteiger partial charge in [-0.1, -0.05) is 13.0 Å². The summed E-state index contributed by atoms with van der Waals surface area (Å²) in [5.74, 6) is -1.57. The van der Waals surface area contributed by atoms with E-state index in [0.29, 0.717) is 5.69 Å². The van der Waals surface area contributed by atoms with Crippen LogP contribution in [0.5, 0.6) is 0 Å². The van der Waals surface area contributed by atoms with Crippen LogP contribution in [-0.2, 0) is 15.1 Å². The molecule has 148 valence electrons. The van der Waals surface area contributed by atoms with E-state index in [0.717, 1.165) is 31.2 Å². The lowest BCUT2D eigenvalue weighted by Gasteiger charge is -2.39. The lowest BCUT2D eigenvalue weighted by atomic mass is 9.78. The van der Waals surface area contributed by atoms with Gasteiger partial charge < -0.3 is 10.5 Å². The van der Waals surface area contributed by atoms with E-state index < -0.39 is 22.8 Å². The summed E-state index contributed by atoms with van der Waals surface area (Å²) in [5.41, 5.74) is 5.67. The standard InChI is InChI=1S/C21H23F2N3O2/c1-12-6-7-20(2,28-21(8-9-21)11-17(24)27)19-13(12)10-16(25-26-19)18-14(22)4-3-5-15(18)23/h3-5,10,12H,6-9,11H2,1-2H3,(H2,24,27)/t12-,20-/m0/s1. The van der Waals surface area contributed by atoms with Crippen molar-refractivity contribution in [2.75, 3.05) is 0 Å². The molecule has 0 saturated heterocycles. The third-order valence-corrected chi connectivity index (χ3v) is 5.87. The highest BCUT2D eigenvalue weighted by Crippen LogP contribution is 2.52. The monoisotopic (exact) mass is 387 g/mol. The number of rotatable bonds is 5. The maximum atomic E-state index is 14.2. The fourth-order valence-electron chi connectivity index (χ4n) is 4.17. The van der Waals surface area contributed by atoms with Crippen LogP contribution in [0.25, 0.3) is 11.3 Å². The number of amides is 1. The Balaban J connectivity index is 1.73. The molecule has 1 heterocycles. The van der Waals surface area contributed by atoms with Crippen LogP contribution in [0.3, 0.4) is 0 Å². The van der Waals surface area contributed by atoms with Crippen LogP contribution in [0, 0.1) is 11.6 Å². The molecular formula is C21H23F2N3O2. The Morgan fingerprint density at radius 3 is 2.54 bits per heavy atom. The molecule has 1 aromatic carbocycles. The Morgan fingerprint density at radius 2 is 1.93 bits per heavy atom. The number of nitrogens with two attached hydrogens (primary N) is 1. The summed E-state index contributed by atoms with van der Waals surface area (Å²) in [4.78, 5) is 11.4. The first kappa shape index (κ1) is 18.9. The summed E-state index contributed by atoms with van der Waals surface area (Å²) in [5, 5.41) is 8.47. The zero-order valence-corrected chi connectivity index (χ0v) is 16.0. The number of fused-ring (bicyclic) bond motifs is 1. The first-order valence-corrected chi connectivity index (χ1v) is 9.54. The lowest BCUT2D eigenvalue weighted by Crippen LogP contribution is -2.39. The van der Waals surface area contributed by atoms with Crippen molar-refractivity contribution in [2.45, 2.75) is 63.1 Å². The number of benzene rings is 1. The fourth-order valence-corrected chi connectivity index (χ4v) is 4.17. The van der Waals surface area contributed by atoms with Gasteiger partial charge in [0.2, 0.25) is 5.91 Å². The number of carbonyl (C=O) groups is 1. The highest BCUT2D eigenvalue weighted by atomic mass is 19.1. The third-order valence-electron chi connectivity index (χ3n) is 5.87. The molecule has 2 atom stereocenters. The topological polar surface area (TPSA) is 78.1 Å². The van der Waals surface area contributed by atoms with Crippen molar-refractivity contribution in [3.63, 3.8) is 0 Å². The molecule has 4 rings (SSSR count). The van der Waals surface area contributed by atoms with E-state index in [1.54, 1.807) is 6.07 Å². The van der Waals surface area contributed by atoms with E-state index in [-0.39, 0.29) is 29.5 Å². The molecular weight excluding hydrogens is 364 g/mol. The number of nitrogens with zero attached hydrogens (tertiary/aromatic N) is 2. The molecule has 2 aromatic rings. The number of hydrogen-bond acceptors (Lipinski definition) is 4. The van der Waals surface area contributed by atoms with Gasteiger partial charge in [-0.25, -0.2) is 8.78 Å².